The summed E-state index contributed by atoms with van der Waals surface area (Å²) >= 11 is 5.77. The fourth-order valence-electron chi connectivity index (χ4n) is 2.48. The predicted molar refractivity (Wildman–Crippen MR) is 80.6 cm³/mol. The van der Waals surface area contributed by atoms with E-state index >= 15 is 0 Å². The maximum Gasteiger partial charge on any atom is 0.141 e. The van der Waals surface area contributed by atoms with Crippen LogP contribution >= 0.6 is 11.6 Å². The summed E-state index contributed by atoms with van der Waals surface area (Å²) in [6, 6.07) is 14.5. The maximum absolute atomic E-state index is 13.1. The van der Waals surface area contributed by atoms with Crippen molar-refractivity contribution < 1.29 is 9.50 Å². The first-order chi connectivity index (χ1) is 9.61. The Hall–Kier alpha value is -1.38. The van der Waals surface area contributed by atoms with Gasteiger partial charge in [0.15, 0.2) is 0 Å². The lowest BCUT2D eigenvalue weighted by Gasteiger charge is -2.22. The highest BCUT2D eigenvalue weighted by atomic mass is 35.5. The monoisotopic (exact) mass is 292 g/mol. The van der Waals surface area contributed by atoms with Crippen molar-refractivity contribution in [1.29, 1.82) is 0 Å². The zero-order valence-corrected chi connectivity index (χ0v) is 12.1. The Bertz CT molecular complexity index is 556. The first-order valence-corrected chi connectivity index (χ1v) is 7.16. The third kappa shape index (κ3) is 3.59. The second-order valence-electron chi connectivity index (χ2n) is 4.95. The van der Waals surface area contributed by atoms with Gasteiger partial charge in [0.1, 0.15) is 5.82 Å². The van der Waals surface area contributed by atoms with Crippen molar-refractivity contribution >= 4 is 11.6 Å². The van der Waals surface area contributed by atoms with E-state index in [1.165, 1.54) is 6.07 Å². The molecule has 3 heteroatoms. The number of benzene rings is 2. The van der Waals surface area contributed by atoms with E-state index in [0.29, 0.717) is 6.42 Å². The quantitative estimate of drug-likeness (QED) is 0.855. The van der Waals surface area contributed by atoms with Gasteiger partial charge >= 0.3 is 0 Å². The average molecular weight is 293 g/mol. The number of aliphatic hydroxyl groups is 1. The van der Waals surface area contributed by atoms with E-state index in [1.807, 2.05) is 30.3 Å². The van der Waals surface area contributed by atoms with Crippen molar-refractivity contribution in [3.05, 3.63) is 70.5 Å². The highest BCUT2D eigenvalue weighted by molar-refractivity contribution is 6.30. The van der Waals surface area contributed by atoms with Crippen LogP contribution < -0.4 is 0 Å². The lowest BCUT2D eigenvalue weighted by atomic mass is 9.88. The molecule has 2 unspecified atom stereocenters. The van der Waals surface area contributed by atoms with Crippen LogP contribution in [0.2, 0.25) is 5.02 Å². The van der Waals surface area contributed by atoms with E-state index in [0.717, 1.165) is 17.5 Å². The molecule has 0 bridgehead atoms. The highest BCUT2D eigenvalue weighted by Gasteiger charge is 2.19. The van der Waals surface area contributed by atoms with E-state index in [2.05, 4.69) is 6.92 Å². The lowest BCUT2D eigenvalue weighted by molar-refractivity contribution is 0.141. The van der Waals surface area contributed by atoms with Gasteiger partial charge in [-0.3, -0.25) is 0 Å². The molecule has 1 N–H and O–H groups in total. The second kappa shape index (κ2) is 6.87. The maximum atomic E-state index is 13.1. The number of hydrogen-bond donors (Lipinski definition) is 1. The van der Waals surface area contributed by atoms with Gasteiger partial charge in [-0.25, -0.2) is 4.39 Å². The van der Waals surface area contributed by atoms with Gasteiger partial charge in [-0.15, -0.1) is 0 Å². The molecule has 0 aromatic heterocycles. The molecule has 2 aromatic rings. The number of halogens is 2. The zero-order valence-electron chi connectivity index (χ0n) is 11.4. The summed E-state index contributed by atoms with van der Waals surface area (Å²) in [5.41, 5.74) is 1.97. The average Bonchev–Trinajstić information content (AvgIpc) is 2.45. The van der Waals surface area contributed by atoms with Gasteiger partial charge in [0.05, 0.1) is 11.1 Å². The van der Waals surface area contributed by atoms with Crippen molar-refractivity contribution in [2.24, 2.45) is 0 Å². The molecule has 0 radical (unpaired) electrons. The third-order valence-electron chi connectivity index (χ3n) is 3.56. The Labute approximate surface area is 124 Å². The van der Waals surface area contributed by atoms with Crippen LogP contribution in [0.15, 0.2) is 48.5 Å². The molecule has 0 aliphatic heterocycles. The molecule has 106 valence electrons. The van der Waals surface area contributed by atoms with E-state index in [4.69, 9.17) is 11.6 Å². The number of hydrogen-bond acceptors (Lipinski definition) is 1. The van der Waals surface area contributed by atoms with Crippen molar-refractivity contribution in [3.8, 4) is 0 Å². The fourth-order valence-corrected chi connectivity index (χ4v) is 2.68. The lowest BCUT2D eigenvalue weighted by Crippen LogP contribution is -2.20. The predicted octanol–water partition coefficient (Wildman–Crippen LogP) is 4.58. The highest BCUT2D eigenvalue weighted by Crippen LogP contribution is 2.26. The Morgan fingerprint density at radius 3 is 2.45 bits per heavy atom. The van der Waals surface area contributed by atoms with Gasteiger partial charge < -0.3 is 5.11 Å². The molecular weight excluding hydrogens is 275 g/mol. The standard InChI is InChI=1S/C17H18ClFO/c1-2-14(13-6-4-3-5-7-13)17(20)11-12-8-9-16(19)15(18)10-12/h3-10,14,17,20H,2,11H2,1H3. The van der Waals surface area contributed by atoms with Crippen LogP contribution in [0.1, 0.15) is 30.4 Å². The van der Waals surface area contributed by atoms with E-state index in [9.17, 15) is 9.50 Å². The van der Waals surface area contributed by atoms with Crippen molar-refractivity contribution in [2.75, 3.05) is 0 Å². The molecule has 0 saturated carbocycles. The van der Waals surface area contributed by atoms with Gasteiger partial charge in [-0.1, -0.05) is 54.9 Å². The van der Waals surface area contributed by atoms with Crippen molar-refractivity contribution in [1.82, 2.24) is 0 Å². The zero-order chi connectivity index (χ0) is 14.5. The molecule has 0 heterocycles. The summed E-state index contributed by atoms with van der Waals surface area (Å²) in [5, 5.41) is 10.5. The molecule has 2 atom stereocenters. The van der Waals surface area contributed by atoms with Crippen LogP contribution in [0.3, 0.4) is 0 Å². The fraction of sp³-hybridized carbons (Fsp3) is 0.294. The Morgan fingerprint density at radius 1 is 1.15 bits per heavy atom. The summed E-state index contributed by atoms with van der Waals surface area (Å²) < 4.78 is 13.1. The van der Waals surface area contributed by atoms with Gasteiger partial charge in [0, 0.05) is 5.92 Å². The largest absolute Gasteiger partial charge is 0.392 e. The molecule has 0 spiro atoms. The minimum absolute atomic E-state index is 0.0695. The molecule has 0 aliphatic carbocycles. The van der Waals surface area contributed by atoms with Crippen LogP contribution in [0.25, 0.3) is 0 Å². The first-order valence-electron chi connectivity index (χ1n) is 6.78. The minimum Gasteiger partial charge on any atom is -0.392 e. The smallest absolute Gasteiger partial charge is 0.141 e. The summed E-state index contributed by atoms with van der Waals surface area (Å²) in [5.74, 6) is -0.361. The van der Waals surface area contributed by atoms with E-state index in [1.54, 1.807) is 12.1 Å². The normalized spacial score (nSPS) is 14.0. The molecule has 0 aliphatic rings. The molecule has 0 saturated heterocycles. The van der Waals surface area contributed by atoms with Gasteiger partial charge in [0.2, 0.25) is 0 Å². The van der Waals surface area contributed by atoms with Gasteiger partial charge in [-0.2, -0.15) is 0 Å². The van der Waals surface area contributed by atoms with Crippen LogP contribution in [0.4, 0.5) is 4.39 Å². The van der Waals surface area contributed by atoms with Crippen LogP contribution in [-0.4, -0.2) is 11.2 Å². The molecule has 2 aromatic carbocycles. The van der Waals surface area contributed by atoms with Crippen molar-refractivity contribution in [2.45, 2.75) is 31.8 Å². The summed E-state index contributed by atoms with van der Waals surface area (Å²) in [4.78, 5) is 0. The Morgan fingerprint density at radius 2 is 1.85 bits per heavy atom. The van der Waals surface area contributed by atoms with Crippen LogP contribution in [0, 0.1) is 5.82 Å². The molecule has 20 heavy (non-hydrogen) atoms. The SMILES string of the molecule is CCC(c1ccccc1)C(O)Cc1ccc(F)c(Cl)c1. The van der Waals surface area contributed by atoms with E-state index in [-0.39, 0.29) is 10.9 Å². The first kappa shape index (κ1) is 15.0. The van der Waals surface area contributed by atoms with E-state index < -0.39 is 11.9 Å². The summed E-state index contributed by atoms with van der Waals surface area (Å²) in [7, 11) is 0. The summed E-state index contributed by atoms with van der Waals surface area (Å²) in [6.07, 6.45) is 0.803. The van der Waals surface area contributed by atoms with Gasteiger partial charge in [-0.05, 0) is 36.1 Å². The van der Waals surface area contributed by atoms with Gasteiger partial charge in [0.25, 0.3) is 0 Å². The number of rotatable bonds is 5. The second-order valence-corrected chi connectivity index (χ2v) is 5.35. The number of aliphatic hydroxyl groups excluding tert-OH is 1. The topological polar surface area (TPSA) is 20.2 Å². The third-order valence-corrected chi connectivity index (χ3v) is 3.85. The molecule has 0 fully saturated rings. The molecular formula is C17H18ClFO. The molecule has 1 nitrogen and oxygen atoms in total. The molecule has 0 amide bonds. The minimum atomic E-state index is -0.510. The Kier molecular flexibility index (Phi) is 5.16. The van der Waals surface area contributed by atoms with Crippen LogP contribution in [0.5, 0.6) is 0 Å². The van der Waals surface area contributed by atoms with Crippen molar-refractivity contribution in [3.63, 3.8) is 0 Å². The Balaban J connectivity index is 2.13. The van der Waals surface area contributed by atoms with Crippen LogP contribution in [-0.2, 0) is 6.42 Å². The summed E-state index contributed by atoms with van der Waals surface area (Å²) in [6.45, 7) is 2.05. The molecule has 2 rings (SSSR count).